The molecule has 0 saturated carbocycles. The van der Waals surface area contributed by atoms with E-state index in [1.54, 1.807) is 31.2 Å². The molecular weight excluding hydrogens is 258 g/mol. The van der Waals surface area contributed by atoms with Gasteiger partial charge in [0.1, 0.15) is 0 Å². The summed E-state index contributed by atoms with van der Waals surface area (Å²) in [6, 6.07) is 6.39. The van der Waals surface area contributed by atoms with Crippen molar-refractivity contribution in [3.05, 3.63) is 42.1 Å². The van der Waals surface area contributed by atoms with Crippen LogP contribution in [0.25, 0.3) is 0 Å². The van der Waals surface area contributed by atoms with Crippen molar-refractivity contribution in [3.63, 3.8) is 0 Å². The molecule has 0 N–H and O–H groups in total. The van der Waals surface area contributed by atoms with Crippen LogP contribution in [0.3, 0.4) is 0 Å². The maximum Gasteiger partial charge on any atom is 0.338 e. The number of amides is 1. The van der Waals surface area contributed by atoms with Gasteiger partial charge in [0.25, 0.3) is 0 Å². The van der Waals surface area contributed by atoms with Crippen molar-refractivity contribution in [2.75, 3.05) is 11.5 Å². The number of carbonyl (C=O) groups is 3. The van der Waals surface area contributed by atoms with E-state index in [0.29, 0.717) is 17.9 Å². The van der Waals surface area contributed by atoms with E-state index >= 15 is 0 Å². The molecular formula is C15H17NO4. The molecule has 0 fully saturated rings. The minimum absolute atomic E-state index is 0.153. The number of allylic oxidation sites excluding steroid dienone is 1. The van der Waals surface area contributed by atoms with E-state index in [1.165, 1.54) is 31.0 Å². The van der Waals surface area contributed by atoms with Gasteiger partial charge in [0.15, 0.2) is 5.78 Å². The van der Waals surface area contributed by atoms with Crippen LogP contribution in [0.4, 0.5) is 5.69 Å². The third-order valence-corrected chi connectivity index (χ3v) is 2.45. The Balaban J connectivity index is 2.96. The monoisotopic (exact) mass is 275 g/mol. The van der Waals surface area contributed by atoms with Crippen LogP contribution in [0, 0.1) is 0 Å². The van der Waals surface area contributed by atoms with E-state index in [1.807, 2.05) is 0 Å². The van der Waals surface area contributed by atoms with E-state index in [2.05, 4.69) is 0 Å². The van der Waals surface area contributed by atoms with Gasteiger partial charge >= 0.3 is 5.97 Å². The second kappa shape index (κ2) is 7.23. The van der Waals surface area contributed by atoms with Gasteiger partial charge in [-0.2, -0.15) is 0 Å². The second-order valence-corrected chi connectivity index (χ2v) is 4.08. The Morgan fingerprint density at radius 3 is 2.20 bits per heavy atom. The average molecular weight is 275 g/mol. The molecule has 20 heavy (non-hydrogen) atoms. The van der Waals surface area contributed by atoms with E-state index < -0.39 is 5.97 Å². The lowest BCUT2D eigenvalue weighted by molar-refractivity contribution is -0.116. The summed E-state index contributed by atoms with van der Waals surface area (Å²) in [6.07, 6.45) is 2.71. The van der Waals surface area contributed by atoms with Crippen molar-refractivity contribution in [1.29, 1.82) is 0 Å². The summed E-state index contributed by atoms with van der Waals surface area (Å²) < 4.78 is 4.88. The molecule has 5 nitrogen and oxygen atoms in total. The van der Waals surface area contributed by atoms with Crippen LogP contribution in [0.1, 0.15) is 31.1 Å². The Labute approximate surface area is 117 Å². The number of benzene rings is 1. The number of anilines is 1. The zero-order valence-corrected chi connectivity index (χ0v) is 11.8. The fraction of sp³-hybridized carbons (Fsp3) is 0.267. The van der Waals surface area contributed by atoms with E-state index in [9.17, 15) is 14.4 Å². The van der Waals surface area contributed by atoms with Gasteiger partial charge in [0.05, 0.1) is 12.2 Å². The maximum atomic E-state index is 11.5. The number of ketones is 1. The van der Waals surface area contributed by atoms with Gasteiger partial charge in [-0.05, 0) is 44.2 Å². The number of nitrogens with zero attached hydrogens (tertiary/aromatic N) is 1. The van der Waals surface area contributed by atoms with Gasteiger partial charge in [0.2, 0.25) is 5.91 Å². The lowest BCUT2D eigenvalue weighted by Gasteiger charge is -2.16. The molecule has 0 aliphatic heterocycles. The van der Waals surface area contributed by atoms with Gasteiger partial charge in [-0.3, -0.25) is 14.5 Å². The van der Waals surface area contributed by atoms with Crippen LogP contribution in [-0.4, -0.2) is 24.3 Å². The molecule has 0 aliphatic rings. The average Bonchev–Trinajstić information content (AvgIpc) is 2.39. The van der Waals surface area contributed by atoms with Crippen LogP contribution in [-0.2, 0) is 14.3 Å². The smallest absolute Gasteiger partial charge is 0.338 e. The van der Waals surface area contributed by atoms with E-state index in [4.69, 9.17) is 4.74 Å². The highest BCUT2D eigenvalue weighted by molar-refractivity contribution is 5.96. The number of esters is 1. The zero-order valence-electron chi connectivity index (χ0n) is 11.8. The minimum atomic E-state index is -0.410. The fourth-order valence-electron chi connectivity index (χ4n) is 1.52. The molecule has 0 heterocycles. The van der Waals surface area contributed by atoms with Crippen molar-refractivity contribution < 1.29 is 19.1 Å². The Morgan fingerprint density at radius 2 is 1.75 bits per heavy atom. The summed E-state index contributed by atoms with van der Waals surface area (Å²) in [5, 5.41) is 0. The first-order chi connectivity index (χ1) is 9.45. The van der Waals surface area contributed by atoms with E-state index in [0.717, 1.165) is 0 Å². The summed E-state index contributed by atoms with van der Waals surface area (Å²) in [7, 11) is 0. The van der Waals surface area contributed by atoms with Gasteiger partial charge < -0.3 is 4.74 Å². The Bertz CT molecular complexity index is 531. The quantitative estimate of drug-likeness (QED) is 0.611. The summed E-state index contributed by atoms with van der Waals surface area (Å²) in [6.45, 7) is 4.83. The first-order valence-corrected chi connectivity index (χ1v) is 6.21. The lowest BCUT2D eigenvalue weighted by Crippen LogP contribution is -2.22. The number of carbonyl (C=O) groups excluding carboxylic acids is 3. The van der Waals surface area contributed by atoms with Crippen LogP contribution < -0.4 is 4.90 Å². The largest absolute Gasteiger partial charge is 0.462 e. The summed E-state index contributed by atoms with van der Waals surface area (Å²) >= 11 is 0. The molecule has 0 aliphatic carbocycles. The molecule has 1 aromatic rings. The van der Waals surface area contributed by atoms with E-state index in [-0.39, 0.29) is 11.7 Å². The number of ether oxygens (including phenoxy) is 1. The van der Waals surface area contributed by atoms with Gasteiger partial charge in [-0.15, -0.1) is 0 Å². The predicted octanol–water partition coefficient (Wildman–Crippen LogP) is 2.32. The highest BCUT2D eigenvalue weighted by Crippen LogP contribution is 2.16. The molecule has 0 bridgehead atoms. The Morgan fingerprint density at radius 1 is 1.15 bits per heavy atom. The maximum absolute atomic E-state index is 11.5. The molecule has 0 unspecified atom stereocenters. The molecule has 106 valence electrons. The number of rotatable bonds is 5. The molecule has 0 spiro atoms. The second-order valence-electron chi connectivity index (χ2n) is 4.08. The Hall–Kier alpha value is -2.43. The van der Waals surface area contributed by atoms with Crippen molar-refractivity contribution in [3.8, 4) is 0 Å². The molecule has 1 amide bonds. The highest BCUT2D eigenvalue weighted by Gasteiger charge is 2.11. The van der Waals surface area contributed by atoms with Gasteiger partial charge in [-0.1, -0.05) is 0 Å². The molecule has 0 atom stereocenters. The predicted molar refractivity (Wildman–Crippen MR) is 75.4 cm³/mol. The highest BCUT2D eigenvalue weighted by atomic mass is 16.5. The van der Waals surface area contributed by atoms with Crippen LogP contribution in [0.15, 0.2) is 36.5 Å². The third-order valence-electron chi connectivity index (χ3n) is 2.45. The van der Waals surface area contributed by atoms with Crippen molar-refractivity contribution >= 4 is 23.3 Å². The first-order valence-electron chi connectivity index (χ1n) is 6.21. The molecule has 0 radical (unpaired) electrons. The summed E-state index contributed by atoms with van der Waals surface area (Å²) in [5.41, 5.74) is 0.984. The van der Waals surface area contributed by atoms with Crippen LogP contribution >= 0.6 is 0 Å². The van der Waals surface area contributed by atoms with Crippen molar-refractivity contribution in [2.45, 2.75) is 20.8 Å². The standard InChI is InChI=1S/C15H17NO4/c1-4-20-15(19)13-5-7-14(8-6-13)16(12(3)18)10-9-11(2)17/h5-10H,4H2,1-3H3/b10-9+. The Kier molecular flexibility index (Phi) is 5.65. The molecule has 0 saturated heterocycles. The third kappa shape index (κ3) is 4.35. The molecule has 5 heteroatoms. The lowest BCUT2D eigenvalue weighted by atomic mass is 10.2. The SMILES string of the molecule is CCOC(=O)c1ccc(N(/C=C/C(C)=O)C(C)=O)cc1. The molecule has 1 aromatic carbocycles. The first kappa shape index (κ1) is 15.6. The zero-order chi connectivity index (χ0) is 15.1. The van der Waals surface area contributed by atoms with Gasteiger partial charge in [0, 0.05) is 18.8 Å². The number of hydrogen-bond donors (Lipinski definition) is 0. The van der Waals surface area contributed by atoms with Crippen LogP contribution in [0.5, 0.6) is 0 Å². The molecule has 0 aromatic heterocycles. The minimum Gasteiger partial charge on any atom is -0.462 e. The summed E-state index contributed by atoms with van der Waals surface area (Å²) in [4.78, 5) is 35.3. The topological polar surface area (TPSA) is 63.7 Å². The number of hydrogen-bond acceptors (Lipinski definition) is 4. The van der Waals surface area contributed by atoms with Crippen LogP contribution in [0.2, 0.25) is 0 Å². The van der Waals surface area contributed by atoms with Crippen molar-refractivity contribution in [2.24, 2.45) is 0 Å². The normalized spacial score (nSPS) is 10.3. The fourth-order valence-corrected chi connectivity index (χ4v) is 1.52. The summed E-state index contributed by atoms with van der Waals surface area (Å²) in [5.74, 6) is -0.793. The molecule has 1 rings (SSSR count). The van der Waals surface area contributed by atoms with Crippen molar-refractivity contribution in [1.82, 2.24) is 0 Å². The van der Waals surface area contributed by atoms with Gasteiger partial charge in [-0.25, -0.2) is 4.79 Å².